The zero-order chi connectivity index (χ0) is 15.1. The van der Waals surface area contributed by atoms with Crippen molar-refractivity contribution in [2.45, 2.75) is 6.42 Å². The van der Waals surface area contributed by atoms with Crippen molar-refractivity contribution >= 4 is 27.5 Å². The molecule has 0 heterocycles. The van der Waals surface area contributed by atoms with Gasteiger partial charge in [0.15, 0.2) is 0 Å². The van der Waals surface area contributed by atoms with Crippen LogP contribution in [-0.2, 0) is 6.42 Å². The summed E-state index contributed by atoms with van der Waals surface area (Å²) in [5, 5.41) is 0.579. The third kappa shape index (κ3) is 5.23. The molecule has 0 aliphatic heterocycles. The predicted octanol–water partition coefficient (Wildman–Crippen LogP) is 4.06. The van der Waals surface area contributed by atoms with Gasteiger partial charge in [0.1, 0.15) is 24.7 Å². The smallest absolute Gasteiger partial charge is 0.138 e. The fourth-order valence-electron chi connectivity index (χ4n) is 1.82. The largest absolute Gasteiger partial charge is 0.490 e. The lowest BCUT2D eigenvalue weighted by Gasteiger charge is -2.10. The van der Waals surface area contributed by atoms with Crippen molar-refractivity contribution in [1.29, 1.82) is 0 Å². The maximum absolute atomic E-state index is 6.07. The molecule has 0 saturated carbocycles. The minimum absolute atomic E-state index is 0.436. The molecule has 0 radical (unpaired) electrons. The molecule has 0 unspecified atom stereocenters. The lowest BCUT2D eigenvalue weighted by atomic mass is 10.1. The number of hydrogen-bond donors (Lipinski definition) is 1. The average Bonchev–Trinajstić information content (AvgIpc) is 2.47. The van der Waals surface area contributed by atoms with Crippen LogP contribution in [0.1, 0.15) is 5.56 Å². The highest BCUT2D eigenvalue weighted by Gasteiger charge is 2.02. The van der Waals surface area contributed by atoms with Gasteiger partial charge in [-0.05, 0) is 48.9 Å². The summed E-state index contributed by atoms with van der Waals surface area (Å²) in [5.41, 5.74) is 6.72. The van der Waals surface area contributed by atoms with Crippen molar-refractivity contribution in [2.24, 2.45) is 5.73 Å². The van der Waals surface area contributed by atoms with Crippen molar-refractivity contribution < 1.29 is 9.47 Å². The van der Waals surface area contributed by atoms with Crippen LogP contribution in [-0.4, -0.2) is 19.8 Å². The number of benzene rings is 2. The monoisotopic (exact) mass is 369 g/mol. The number of hydrogen-bond acceptors (Lipinski definition) is 3. The van der Waals surface area contributed by atoms with E-state index in [0.29, 0.717) is 30.5 Å². The minimum atomic E-state index is 0.436. The molecule has 0 aliphatic carbocycles. The Bertz CT molecular complexity index is 575. The molecule has 112 valence electrons. The van der Waals surface area contributed by atoms with Crippen LogP contribution in [0.15, 0.2) is 46.9 Å². The molecule has 0 saturated heterocycles. The molecule has 0 fully saturated rings. The SMILES string of the molecule is NCCc1ccc(OCCOc2ccc(Br)cc2Cl)cc1. The van der Waals surface area contributed by atoms with E-state index in [-0.39, 0.29) is 0 Å². The molecule has 0 aromatic heterocycles. The molecule has 3 nitrogen and oxygen atoms in total. The van der Waals surface area contributed by atoms with Gasteiger partial charge in [0.05, 0.1) is 5.02 Å². The van der Waals surface area contributed by atoms with Gasteiger partial charge in [-0.25, -0.2) is 0 Å². The Kier molecular flexibility index (Phi) is 6.36. The van der Waals surface area contributed by atoms with E-state index in [0.717, 1.165) is 16.6 Å². The van der Waals surface area contributed by atoms with Crippen molar-refractivity contribution in [3.63, 3.8) is 0 Å². The Balaban J connectivity index is 1.76. The van der Waals surface area contributed by atoms with Crippen LogP contribution in [0, 0.1) is 0 Å². The molecule has 0 amide bonds. The highest BCUT2D eigenvalue weighted by atomic mass is 79.9. The molecule has 0 spiro atoms. The first-order chi connectivity index (χ1) is 10.2. The third-order valence-corrected chi connectivity index (χ3v) is 3.65. The Morgan fingerprint density at radius 3 is 2.38 bits per heavy atom. The number of halogens is 2. The Morgan fingerprint density at radius 1 is 1.00 bits per heavy atom. The van der Waals surface area contributed by atoms with Gasteiger partial charge in [0, 0.05) is 4.47 Å². The minimum Gasteiger partial charge on any atom is -0.490 e. The van der Waals surface area contributed by atoms with Gasteiger partial charge in [-0.15, -0.1) is 0 Å². The molecule has 0 atom stereocenters. The summed E-state index contributed by atoms with van der Waals surface area (Å²) in [4.78, 5) is 0. The van der Waals surface area contributed by atoms with Crippen LogP contribution in [0.3, 0.4) is 0 Å². The topological polar surface area (TPSA) is 44.5 Å². The van der Waals surface area contributed by atoms with Crippen molar-refractivity contribution in [3.8, 4) is 11.5 Å². The van der Waals surface area contributed by atoms with E-state index in [1.165, 1.54) is 5.56 Å². The van der Waals surface area contributed by atoms with E-state index in [4.69, 9.17) is 26.8 Å². The molecule has 0 aliphatic rings. The first kappa shape index (κ1) is 16.1. The standard InChI is InChI=1S/C16H17BrClNO2/c17-13-3-6-16(15(18)11-13)21-10-9-20-14-4-1-12(2-5-14)7-8-19/h1-6,11H,7-10,19H2. The average molecular weight is 371 g/mol. The van der Waals surface area contributed by atoms with E-state index in [2.05, 4.69) is 15.9 Å². The third-order valence-electron chi connectivity index (χ3n) is 2.86. The van der Waals surface area contributed by atoms with Crippen molar-refractivity contribution in [1.82, 2.24) is 0 Å². The normalized spacial score (nSPS) is 10.4. The summed E-state index contributed by atoms with van der Waals surface area (Å²) >= 11 is 9.42. The number of rotatable bonds is 7. The Hall–Kier alpha value is -1.23. The predicted molar refractivity (Wildman–Crippen MR) is 89.3 cm³/mol. The molecule has 2 aromatic rings. The summed E-state index contributed by atoms with van der Waals surface area (Å²) in [6.45, 7) is 1.55. The van der Waals surface area contributed by atoms with Crippen LogP contribution in [0.25, 0.3) is 0 Å². The van der Waals surface area contributed by atoms with Crippen LogP contribution in [0.4, 0.5) is 0 Å². The van der Waals surface area contributed by atoms with Crippen molar-refractivity contribution in [3.05, 3.63) is 57.5 Å². The molecular weight excluding hydrogens is 354 g/mol. The molecule has 0 bridgehead atoms. The van der Waals surface area contributed by atoms with Gasteiger partial charge in [0.25, 0.3) is 0 Å². The quantitative estimate of drug-likeness (QED) is 0.748. The lowest BCUT2D eigenvalue weighted by molar-refractivity contribution is 0.217. The van der Waals surface area contributed by atoms with Gasteiger partial charge < -0.3 is 15.2 Å². The molecule has 2 aromatic carbocycles. The van der Waals surface area contributed by atoms with E-state index >= 15 is 0 Å². The van der Waals surface area contributed by atoms with Gasteiger partial charge in [0.2, 0.25) is 0 Å². The molecule has 21 heavy (non-hydrogen) atoms. The van der Waals surface area contributed by atoms with E-state index < -0.39 is 0 Å². The zero-order valence-corrected chi connectivity index (χ0v) is 13.9. The van der Waals surface area contributed by atoms with E-state index in [1.807, 2.05) is 36.4 Å². The molecule has 5 heteroatoms. The maximum atomic E-state index is 6.07. The summed E-state index contributed by atoms with van der Waals surface area (Å²) in [6.07, 6.45) is 0.880. The second kappa shape index (κ2) is 8.27. The Labute approximate surface area is 138 Å². The van der Waals surface area contributed by atoms with E-state index in [1.54, 1.807) is 6.07 Å². The van der Waals surface area contributed by atoms with Gasteiger partial charge in [-0.2, -0.15) is 0 Å². The summed E-state index contributed by atoms with van der Waals surface area (Å²) in [7, 11) is 0. The number of ether oxygens (including phenoxy) is 2. The highest BCUT2D eigenvalue weighted by molar-refractivity contribution is 9.10. The molecule has 2 rings (SSSR count). The highest BCUT2D eigenvalue weighted by Crippen LogP contribution is 2.27. The first-order valence-corrected chi connectivity index (χ1v) is 7.86. The van der Waals surface area contributed by atoms with Gasteiger partial charge >= 0.3 is 0 Å². The van der Waals surface area contributed by atoms with Crippen molar-refractivity contribution in [2.75, 3.05) is 19.8 Å². The first-order valence-electron chi connectivity index (χ1n) is 6.68. The summed E-state index contributed by atoms with van der Waals surface area (Å²) in [6, 6.07) is 13.4. The summed E-state index contributed by atoms with van der Waals surface area (Å²) in [5.74, 6) is 1.48. The molecule has 2 N–H and O–H groups in total. The molecular formula is C16H17BrClNO2. The fraction of sp³-hybridized carbons (Fsp3) is 0.250. The van der Waals surface area contributed by atoms with Gasteiger partial charge in [-0.3, -0.25) is 0 Å². The number of nitrogens with two attached hydrogens (primary N) is 1. The van der Waals surface area contributed by atoms with E-state index in [9.17, 15) is 0 Å². The second-order valence-electron chi connectivity index (χ2n) is 4.45. The maximum Gasteiger partial charge on any atom is 0.138 e. The van der Waals surface area contributed by atoms with Crippen LogP contribution in [0.2, 0.25) is 5.02 Å². The van der Waals surface area contributed by atoms with Crippen LogP contribution >= 0.6 is 27.5 Å². The van der Waals surface area contributed by atoms with Gasteiger partial charge in [-0.1, -0.05) is 39.7 Å². The summed E-state index contributed by atoms with van der Waals surface area (Å²) < 4.78 is 12.1. The van der Waals surface area contributed by atoms with Crippen LogP contribution < -0.4 is 15.2 Å². The second-order valence-corrected chi connectivity index (χ2v) is 5.78. The van der Waals surface area contributed by atoms with Crippen LogP contribution in [0.5, 0.6) is 11.5 Å². The lowest BCUT2D eigenvalue weighted by Crippen LogP contribution is -2.09. The Morgan fingerprint density at radius 2 is 1.71 bits per heavy atom. The zero-order valence-electron chi connectivity index (χ0n) is 11.5. The fourth-order valence-corrected chi connectivity index (χ4v) is 2.55.